The van der Waals surface area contributed by atoms with Crippen molar-refractivity contribution in [1.82, 2.24) is 9.96 Å². The molecular weight excluding hydrogens is 336 g/mol. The monoisotopic (exact) mass is 366 g/mol. The first-order valence-electron chi connectivity index (χ1n) is 9.81. The van der Waals surface area contributed by atoms with Crippen LogP contribution in [0.25, 0.3) is 0 Å². The Morgan fingerprint density at radius 3 is 1.81 bits per heavy atom. The summed E-state index contributed by atoms with van der Waals surface area (Å²) in [6.07, 6.45) is 3.95. The van der Waals surface area contributed by atoms with Gasteiger partial charge in [0.25, 0.3) is 0 Å². The molecule has 1 saturated carbocycles. The molecule has 1 amide bonds. The summed E-state index contributed by atoms with van der Waals surface area (Å²) < 4.78 is 0. The molecule has 4 nitrogen and oxygen atoms in total. The van der Waals surface area contributed by atoms with Gasteiger partial charge >= 0.3 is 0 Å². The fraction of sp³-hybridized carbons (Fsp3) is 0.435. The van der Waals surface area contributed by atoms with Crippen LogP contribution in [0.15, 0.2) is 60.7 Å². The molecule has 27 heavy (non-hydrogen) atoms. The zero-order valence-corrected chi connectivity index (χ0v) is 16.4. The van der Waals surface area contributed by atoms with Crippen LogP contribution in [0.3, 0.4) is 0 Å². The van der Waals surface area contributed by atoms with E-state index in [0.717, 1.165) is 38.8 Å². The molecular formula is C23H30N2O2. The molecule has 1 fully saturated rings. The van der Waals surface area contributed by atoms with Crippen LogP contribution in [-0.2, 0) is 22.7 Å². The number of hydrogen-bond donors (Lipinski definition) is 0. The van der Waals surface area contributed by atoms with Gasteiger partial charge in [-0.25, -0.2) is 5.06 Å². The van der Waals surface area contributed by atoms with E-state index in [9.17, 15) is 4.79 Å². The van der Waals surface area contributed by atoms with Gasteiger partial charge in [-0.2, -0.15) is 0 Å². The molecule has 3 rings (SSSR count). The third-order valence-electron chi connectivity index (χ3n) is 5.60. The summed E-state index contributed by atoms with van der Waals surface area (Å²) in [4.78, 5) is 20.0. The molecule has 0 aliphatic heterocycles. The van der Waals surface area contributed by atoms with Gasteiger partial charge in [-0.3, -0.25) is 14.5 Å². The third kappa shape index (κ3) is 5.41. The molecule has 0 bridgehead atoms. The van der Waals surface area contributed by atoms with Crippen LogP contribution < -0.4 is 0 Å². The number of carbonyl (C=O) groups is 1. The number of benzene rings is 2. The maximum Gasteiger partial charge on any atom is 0.248 e. The predicted molar refractivity (Wildman–Crippen MR) is 108 cm³/mol. The summed E-state index contributed by atoms with van der Waals surface area (Å²) in [5, 5.41) is 1.37. The van der Waals surface area contributed by atoms with Gasteiger partial charge < -0.3 is 0 Å². The smallest absolute Gasteiger partial charge is 0.248 e. The van der Waals surface area contributed by atoms with E-state index < -0.39 is 0 Å². The van der Waals surface area contributed by atoms with Gasteiger partial charge in [0.15, 0.2) is 0 Å². The van der Waals surface area contributed by atoms with Crippen molar-refractivity contribution in [3.05, 3.63) is 71.8 Å². The van der Waals surface area contributed by atoms with Crippen LogP contribution in [0.2, 0.25) is 0 Å². The number of rotatable bonds is 7. The number of nitrogens with zero attached hydrogens (tertiary/aromatic N) is 2. The Balaban J connectivity index is 1.67. The van der Waals surface area contributed by atoms with Crippen LogP contribution in [0.4, 0.5) is 0 Å². The molecule has 0 saturated heterocycles. The third-order valence-corrected chi connectivity index (χ3v) is 5.60. The SMILES string of the molecule is CON(C)C(=O)C1CCC(N(Cc2ccccc2)Cc2ccccc2)CC1. The first-order chi connectivity index (χ1) is 13.2. The number of hydrogen-bond acceptors (Lipinski definition) is 3. The molecule has 0 unspecified atom stereocenters. The zero-order chi connectivity index (χ0) is 19.1. The van der Waals surface area contributed by atoms with E-state index in [1.165, 1.54) is 16.2 Å². The van der Waals surface area contributed by atoms with Gasteiger partial charge in [-0.15, -0.1) is 0 Å². The average molecular weight is 367 g/mol. The highest BCUT2D eigenvalue weighted by Gasteiger charge is 2.31. The minimum atomic E-state index is 0.0847. The van der Waals surface area contributed by atoms with Gasteiger partial charge in [0.1, 0.15) is 0 Å². The largest absolute Gasteiger partial charge is 0.292 e. The molecule has 0 heterocycles. The second kappa shape index (κ2) is 9.67. The minimum absolute atomic E-state index is 0.0847. The van der Waals surface area contributed by atoms with E-state index in [2.05, 4.69) is 65.6 Å². The Labute approximate surface area is 162 Å². The number of carbonyl (C=O) groups excluding carboxylic acids is 1. The van der Waals surface area contributed by atoms with E-state index >= 15 is 0 Å². The predicted octanol–water partition coefficient (Wildman–Crippen LogP) is 4.27. The van der Waals surface area contributed by atoms with Gasteiger partial charge in [0.05, 0.1) is 7.11 Å². The topological polar surface area (TPSA) is 32.8 Å². The fourth-order valence-corrected chi connectivity index (χ4v) is 3.98. The maximum absolute atomic E-state index is 12.4. The van der Waals surface area contributed by atoms with Crippen LogP contribution in [0.5, 0.6) is 0 Å². The molecule has 1 aliphatic rings. The van der Waals surface area contributed by atoms with Crippen molar-refractivity contribution in [2.24, 2.45) is 5.92 Å². The van der Waals surface area contributed by atoms with Crippen molar-refractivity contribution >= 4 is 5.91 Å². The molecule has 2 aromatic carbocycles. The fourth-order valence-electron chi connectivity index (χ4n) is 3.98. The lowest BCUT2D eigenvalue weighted by Gasteiger charge is -2.37. The van der Waals surface area contributed by atoms with Crippen molar-refractivity contribution in [2.45, 2.75) is 44.8 Å². The Morgan fingerprint density at radius 1 is 0.889 bits per heavy atom. The lowest BCUT2D eigenvalue weighted by atomic mass is 9.84. The highest BCUT2D eigenvalue weighted by molar-refractivity contribution is 5.77. The van der Waals surface area contributed by atoms with Crippen molar-refractivity contribution < 1.29 is 9.63 Å². The first kappa shape index (κ1) is 19.6. The van der Waals surface area contributed by atoms with E-state index in [1.54, 1.807) is 14.2 Å². The van der Waals surface area contributed by atoms with E-state index in [0.29, 0.717) is 6.04 Å². The molecule has 1 aliphatic carbocycles. The molecule has 0 atom stereocenters. The Morgan fingerprint density at radius 2 is 1.37 bits per heavy atom. The zero-order valence-electron chi connectivity index (χ0n) is 16.4. The lowest BCUT2D eigenvalue weighted by molar-refractivity contribution is -0.174. The van der Waals surface area contributed by atoms with Crippen LogP contribution in [-0.4, -0.2) is 36.1 Å². The summed E-state index contributed by atoms with van der Waals surface area (Å²) in [6.45, 7) is 1.88. The maximum atomic E-state index is 12.4. The normalized spacial score (nSPS) is 19.8. The summed E-state index contributed by atoms with van der Waals surface area (Å²) >= 11 is 0. The van der Waals surface area contributed by atoms with Crippen molar-refractivity contribution in [3.63, 3.8) is 0 Å². The Hall–Kier alpha value is -2.17. The van der Waals surface area contributed by atoms with E-state index in [1.807, 2.05) is 0 Å². The van der Waals surface area contributed by atoms with Gasteiger partial charge in [0.2, 0.25) is 5.91 Å². The average Bonchev–Trinajstić information content (AvgIpc) is 2.74. The van der Waals surface area contributed by atoms with Crippen LogP contribution in [0, 0.1) is 5.92 Å². The molecule has 144 valence electrons. The minimum Gasteiger partial charge on any atom is -0.292 e. The Bertz CT molecular complexity index is 655. The van der Waals surface area contributed by atoms with Gasteiger partial charge in [-0.05, 0) is 36.8 Å². The molecule has 0 spiro atoms. The molecule has 2 aromatic rings. The summed E-state index contributed by atoms with van der Waals surface area (Å²) in [7, 11) is 3.25. The first-order valence-corrected chi connectivity index (χ1v) is 9.81. The highest BCUT2D eigenvalue weighted by Crippen LogP contribution is 2.30. The molecule has 0 N–H and O–H groups in total. The quantitative estimate of drug-likeness (QED) is 0.686. The summed E-state index contributed by atoms with van der Waals surface area (Å²) in [5.41, 5.74) is 2.68. The highest BCUT2D eigenvalue weighted by atomic mass is 16.7. The standard InChI is InChI=1S/C23H30N2O2/c1-24(27-2)23(26)21-13-15-22(16-14-21)25(17-19-9-5-3-6-10-19)18-20-11-7-4-8-12-20/h3-12,21-22H,13-18H2,1-2H3. The van der Waals surface area contributed by atoms with E-state index in [4.69, 9.17) is 4.84 Å². The van der Waals surface area contributed by atoms with Crippen LogP contribution in [0.1, 0.15) is 36.8 Å². The second-order valence-corrected chi connectivity index (χ2v) is 7.40. The second-order valence-electron chi connectivity index (χ2n) is 7.40. The van der Waals surface area contributed by atoms with Crippen LogP contribution >= 0.6 is 0 Å². The molecule has 0 radical (unpaired) electrons. The number of amides is 1. The van der Waals surface area contributed by atoms with Crippen molar-refractivity contribution in [2.75, 3.05) is 14.2 Å². The summed E-state index contributed by atoms with van der Waals surface area (Å²) in [5.74, 6) is 0.190. The van der Waals surface area contributed by atoms with Crippen molar-refractivity contribution in [3.8, 4) is 0 Å². The van der Waals surface area contributed by atoms with Crippen molar-refractivity contribution in [1.29, 1.82) is 0 Å². The van der Waals surface area contributed by atoms with Gasteiger partial charge in [-0.1, -0.05) is 60.7 Å². The number of hydroxylamine groups is 2. The van der Waals surface area contributed by atoms with E-state index in [-0.39, 0.29) is 11.8 Å². The summed E-state index contributed by atoms with van der Waals surface area (Å²) in [6, 6.07) is 21.8. The Kier molecular flexibility index (Phi) is 7.02. The molecule has 4 heteroatoms. The molecule has 0 aromatic heterocycles. The lowest BCUT2D eigenvalue weighted by Crippen LogP contribution is -2.40. The van der Waals surface area contributed by atoms with Gasteiger partial charge in [0, 0.05) is 32.1 Å².